The van der Waals surface area contributed by atoms with Crippen LogP contribution in [-0.4, -0.2) is 38.0 Å². The molecule has 2 unspecified atom stereocenters. The first kappa shape index (κ1) is 28.0. The summed E-state index contributed by atoms with van der Waals surface area (Å²) in [5.41, 5.74) is 3.51. The smallest absolute Gasteiger partial charge is 0.341 e. The highest BCUT2D eigenvalue weighted by Gasteiger charge is 2.30. The number of hydrogen-bond acceptors (Lipinski definition) is 8. The van der Waals surface area contributed by atoms with Crippen molar-refractivity contribution >= 4 is 56.4 Å². The van der Waals surface area contributed by atoms with Gasteiger partial charge < -0.3 is 20.1 Å². The van der Waals surface area contributed by atoms with Gasteiger partial charge in [-0.2, -0.15) is 0 Å². The normalized spacial score (nSPS) is 17.8. The molecule has 2 amide bonds. The molecule has 10 heteroatoms. The number of anilines is 2. The summed E-state index contributed by atoms with van der Waals surface area (Å²) in [6, 6.07) is 6.28. The van der Waals surface area contributed by atoms with E-state index in [0.29, 0.717) is 44.1 Å². The van der Waals surface area contributed by atoms with Crippen LogP contribution < -0.4 is 10.6 Å². The lowest BCUT2D eigenvalue weighted by Gasteiger charge is -2.18. The molecule has 8 nitrogen and oxygen atoms in total. The Kier molecular flexibility index (Phi) is 8.09. The van der Waals surface area contributed by atoms with Crippen LogP contribution in [0.1, 0.15) is 89.0 Å². The Hall–Kier alpha value is -3.50. The van der Waals surface area contributed by atoms with Gasteiger partial charge in [-0.3, -0.25) is 9.59 Å². The third-order valence-corrected chi connectivity index (χ3v) is 10.0. The van der Waals surface area contributed by atoms with Crippen LogP contribution in [-0.2, 0) is 35.2 Å². The summed E-state index contributed by atoms with van der Waals surface area (Å²) < 4.78 is 10.0. The van der Waals surface area contributed by atoms with Crippen LogP contribution in [0.15, 0.2) is 24.3 Å². The number of benzene rings is 1. The maximum atomic E-state index is 13.1. The van der Waals surface area contributed by atoms with Crippen molar-refractivity contribution in [1.82, 2.24) is 0 Å². The third-order valence-electron chi connectivity index (χ3n) is 7.67. The molecule has 2 aliphatic rings. The quantitative estimate of drug-likeness (QED) is 0.339. The zero-order valence-electron chi connectivity index (χ0n) is 23.0. The summed E-state index contributed by atoms with van der Waals surface area (Å²) in [6.45, 7) is 4.36. The number of amides is 2. The highest BCUT2D eigenvalue weighted by atomic mass is 32.1. The third kappa shape index (κ3) is 5.42. The predicted octanol–water partition coefficient (Wildman–Crippen LogP) is 6.14. The molecule has 1 aromatic carbocycles. The molecule has 0 aliphatic heterocycles. The lowest BCUT2D eigenvalue weighted by atomic mass is 9.88. The van der Waals surface area contributed by atoms with E-state index in [1.54, 1.807) is 24.3 Å². The molecule has 0 radical (unpaired) electrons. The lowest BCUT2D eigenvalue weighted by molar-refractivity contribution is 0.0591. The van der Waals surface area contributed by atoms with E-state index in [1.807, 2.05) is 0 Å². The van der Waals surface area contributed by atoms with E-state index in [0.717, 1.165) is 59.4 Å². The van der Waals surface area contributed by atoms with Gasteiger partial charge in [0.05, 0.1) is 25.3 Å². The molecule has 3 aromatic rings. The van der Waals surface area contributed by atoms with Gasteiger partial charge in [0.2, 0.25) is 0 Å². The number of rotatable bonds is 6. The van der Waals surface area contributed by atoms with Crippen molar-refractivity contribution in [2.75, 3.05) is 24.9 Å². The summed E-state index contributed by atoms with van der Waals surface area (Å²) in [6.07, 6.45) is 5.27. The van der Waals surface area contributed by atoms with Gasteiger partial charge in [0, 0.05) is 20.9 Å². The van der Waals surface area contributed by atoms with Crippen LogP contribution in [0.25, 0.3) is 0 Å². The molecule has 2 aliphatic carbocycles. The fourth-order valence-electron chi connectivity index (χ4n) is 5.44. The topological polar surface area (TPSA) is 111 Å². The molecule has 40 heavy (non-hydrogen) atoms. The van der Waals surface area contributed by atoms with Crippen LogP contribution in [0.2, 0.25) is 0 Å². The van der Waals surface area contributed by atoms with Crippen LogP contribution in [0.3, 0.4) is 0 Å². The Bertz CT molecular complexity index is 1380. The van der Waals surface area contributed by atoms with Crippen molar-refractivity contribution in [3.63, 3.8) is 0 Å². The molecule has 0 spiro atoms. The van der Waals surface area contributed by atoms with E-state index in [4.69, 9.17) is 9.47 Å². The van der Waals surface area contributed by atoms with E-state index in [-0.39, 0.29) is 11.8 Å². The summed E-state index contributed by atoms with van der Waals surface area (Å²) >= 11 is 2.85. The number of hydrogen-bond donors (Lipinski definition) is 2. The number of carbonyl (C=O) groups is 4. The fraction of sp³-hybridized carbons (Fsp3) is 0.400. The first-order valence-electron chi connectivity index (χ1n) is 13.4. The maximum Gasteiger partial charge on any atom is 0.341 e. The predicted molar refractivity (Wildman–Crippen MR) is 156 cm³/mol. The molecule has 210 valence electrons. The summed E-state index contributed by atoms with van der Waals surface area (Å²) in [4.78, 5) is 53.6. The molecule has 2 atom stereocenters. The molecule has 0 fully saturated rings. The molecule has 5 rings (SSSR count). The number of methoxy groups -OCH3 is 2. The zero-order valence-corrected chi connectivity index (χ0v) is 24.6. The zero-order chi connectivity index (χ0) is 28.6. The Morgan fingerprint density at radius 3 is 1.43 bits per heavy atom. The molecule has 2 N–H and O–H groups in total. The summed E-state index contributed by atoms with van der Waals surface area (Å²) in [5, 5.41) is 6.76. The van der Waals surface area contributed by atoms with Crippen molar-refractivity contribution in [1.29, 1.82) is 0 Å². The van der Waals surface area contributed by atoms with Gasteiger partial charge in [0.25, 0.3) is 11.8 Å². The monoisotopic (exact) mass is 580 g/mol. The van der Waals surface area contributed by atoms with Gasteiger partial charge in [-0.1, -0.05) is 13.8 Å². The second-order valence-corrected chi connectivity index (χ2v) is 12.8. The Balaban J connectivity index is 1.33. The number of carbonyl (C=O) groups excluding carboxylic acids is 4. The Morgan fingerprint density at radius 2 is 1.07 bits per heavy atom. The maximum absolute atomic E-state index is 13.1. The van der Waals surface area contributed by atoms with E-state index >= 15 is 0 Å². The molecular weight excluding hydrogens is 548 g/mol. The highest BCUT2D eigenvalue weighted by molar-refractivity contribution is 7.17. The van der Waals surface area contributed by atoms with E-state index in [9.17, 15) is 19.2 Å². The van der Waals surface area contributed by atoms with Gasteiger partial charge >= 0.3 is 11.9 Å². The molecule has 0 saturated carbocycles. The van der Waals surface area contributed by atoms with Gasteiger partial charge in [0.15, 0.2) is 0 Å². The molecule has 2 heterocycles. The minimum Gasteiger partial charge on any atom is -0.465 e. The van der Waals surface area contributed by atoms with Gasteiger partial charge in [0.1, 0.15) is 10.0 Å². The standard InChI is InChI=1S/C30H32N2O6S2/c1-15-5-11-19-21(13-15)39-27(23(19)29(35)37-3)31-25(33)17-7-9-18(10-8-17)26(34)32-28-24(30(36)38-4)20-12-6-16(2)14-22(20)40-28/h7-10,15-16H,5-6,11-14H2,1-4H3,(H,31,33)(H,32,34). The van der Waals surface area contributed by atoms with Crippen molar-refractivity contribution in [2.45, 2.75) is 52.4 Å². The lowest BCUT2D eigenvalue weighted by Crippen LogP contribution is -2.17. The van der Waals surface area contributed by atoms with Gasteiger partial charge in [-0.15, -0.1) is 22.7 Å². The first-order valence-corrected chi connectivity index (χ1v) is 15.0. The van der Waals surface area contributed by atoms with E-state index < -0.39 is 11.9 Å². The van der Waals surface area contributed by atoms with Crippen molar-refractivity contribution in [3.05, 3.63) is 67.4 Å². The fourth-order valence-corrected chi connectivity index (χ4v) is 8.23. The van der Waals surface area contributed by atoms with Crippen LogP contribution in [0.5, 0.6) is 0 Å². The Labute approximate surface area is 241 Å². The second-order valence-electron chi connectivity index (χ2n) is 10.6. The average Bonchev–Trinajstić information content (AvgIpc) is 3.48. The van der Waals surface area contributed by atoms with Gasteiger partial charge in [-0.05, 0) is 85.8 Å². The second kappa shape index (κ2) is 11.5. The van der Waals surface area contributed by atoms with Gasteiger partial charge in [-0.25, -0.2) is 9.59 Å². The average molecular weight is 581 g/mol. The minimum atomic E-state index is -0.453. The van der Waals surface area contributed by atoms with Crippen molar-refractivity contribution < 1.29 is 28.7 Å². The number of esters is 2. The van der Waals surface area contributed by atoms with E-state index in [1.165, 1.54) is 36.9 Å². The highest BCUT2D eigenvalue weighted by Crippen LogP contribution is 2.41. The Morgan fingerprint density at radius 1 is 0.700 bits per heavy atom. The molecule has 2 aromatic heterocycles. The first-order chi connectivity index (χ1) is 19.2. The summed E-state index contributed by atoms with van der Waals surface area (Å²) in [7, 11) is 2.68. The number of ether oxygens (including phenoxy) is 2. The largest absolute Gasteiger partial charge is 0.465 e. The molecule has 0 saturated heterocycles. The van der Waals surface area contributed by atoms with Crippen LogP contribution >= 0.6 is 22.7 Å². The molecule has 0 bridgehead atoms. The van der Waals surface area contributed by atoms with Crippen molar-refractivity contribution in [2.24, 2.45) is 11.8 Å². The minimum absolute atomic E-state index is 0.350. The number of nitrogens with one attached hydrogen (secondary N) is 2. The number of thiophene rings is 2. The number of fused-ring (bicyclic) bond motifs is 2. The van der Waals surface area contributed by atoms with Crippen molar-refractivity contribution in [3.8, 4) is 0 Å². The SMILES string of the molecule is COC(=O)c1c(NC(=O)c2ccc(C(=O)Nc3sc4c(c3C(=O)OC)CCC(C)C4)cc2)sc2c1CCC(C)C2. The van der Waals surface area contributed by atoms with Crippen LogP contribution in [0, 0.1) is 11.8 Å². The summed E-state index contributed by atoms with van der Waals surface area (Å²) in [5.74, 6) is -0.624. The molecular formula is C30H32N2O6S2. The van der Waals surface area contributed by atoms with E-state index in [2.05, 4.69) is 24.5 Å². The van der Waals surface area contributed by atoms with Crippen LogP contribution in [0.4, 0.5) is 10.0 Å².